The van der Waals surface area contributed by atoms with Gasteiger partial charge in [-0.2, -0.15) is 0 Å². The lowest BCUT2D eigenvalue weighted by atomic mass is 10.1. The molecule has 2 aromatic carbocycles. The Balaban J connectivity index is 2.13. The third-order valence-corrected chi connectivity index (χ3v) is 4.45. The molecule has 2 aromatic rings. The number of ether oxygens (including phenoxy) is 1. The molecule has 0 bridgehead atoms. The molecule has 0 heterocycles. The molecule has 0 fully saturated rings. The van der Waals surface area contributed by atoms with Crippen LogP contribution in [0.4, 0.5) is 5.69 Å². The summed E-state index contributed by atoms with van der Waals surface area (Å²) in [5, 5.41) is 5.73. The molecule has 28 heavy (non-hydrogen) atoms. The van der Waals surface area contributed by atoms with E-state index in [9.17, 15) is 9.59 Å². The fourth-order valence-electron chi connectivity index (χ4n) is 2.48. The first-order chi connectivity index (χ1) is 13.4. The number of anilines is 1. The van der Waals surface area contributed by atoms with Crippen molar-refractivity contribution in [3.63, 3.8) is 0 Å². The van der Waals surface area contributed by atoms with Crippen molar-refractivity contribution in [3.05, 3.63) is 58.1 Å². The van der Waals surface area contributed by atoms with Gasteiger partial charge in [-0.3, -0.25) is 9.59 Å². The molecule has 0 atom stereocenters. The van der Waals surface area contributed by atoms with E-state index in [2.05, 4.69) is 47.3 Å². The highest BCUT2D eigenvalue weighted by Gasteiger charge is 2.15. The topological polar surface area (TPSA) is 67.4 Å². The minimum atomic E-state index is -0.288. The summed E-state index contributed by atoms with van der Waals surface area (Å²) >= 11 is 3.40. The molecular formula is C22H27BrN2O3. The summed E-state index contributed by atoms with van der Waals surface area (Å²) in [6, 6.07) is 12.3. The van der Waals surface area contributed by atoms with Crippen molar-refractivity contribution in [1.82, 2.24) is 5.32 Å². The van der Waals surface area contributed by atoms with E-state index in [1.54, 1.807) is 36.4 Å². The van der Waals surface area contributed by atoms with Gasteiger partial charge in [0.25, 0.3) is 11.8 Å². The van der Waals surface area contributed by atoms with E-state index in [4.69, 9.17) is 4.74 Å². The molecule has 0 saturated carbocycles. The molecule has 0 saturated heterocycles. The molecule has 0 aromatic heterocycles. The molecule has 2 N–H and O–H groups in total. The molecule has 150 valence electrons. The average molecular weight is 447 g/mol. The zero-order valence-electron chi connectivity index (χ0n) is 16.5. The molecule has 0 aliphatic rings. The van der Waals surface area contributed by atoms with Gasteiger partial charge in [0.15, 0.2) is 0 Å². The van der Waals surface area contributed by atoms with Crippen LogP contribution in [0.2, 0.25) is 0 Å². The maximum Gasteiger partial charge on any atom is 0.259 e. The number of hydrogen-bond acceptors (Lipinski definition) is 3. The Labute approximate surface area is 175 Å². The predicted molar refractivity (Wildman–Crippen MR) is 116 cm³/mol. The highest BCUT2D eigenvalue weighted by molar-refractivity contribution is 9.10. The van der Waals surface area contributed by atoms with Gasteiger partial charge < -0.3 is 15.4 Å². The van der Waals surface area contributed by atoms with Crippen LogP contribution in [0.3, 0.4) is 0 Å². The Bertz CT molecular complexity index is 821. The number of halogens is 1. The molecule has 0 unspecified atom stereocenters. The summed E-state index contributed by atoms with van der Waals surface area (Å²) in [6.45, 7) is 7.34. The highest BCUT2D eigenvalue weighted by Crippen LogP contribution is 2.25. The first-order valence-electron chi connectivity index (χ1n) is 9.52. The third-order valence-electron chi connectivity index (χ3n) is 3.96. The molecule has 0 aliphatic heterocycles. The van der Waals surface area contributed by atoms with Crippen LogP contribution in [0, 0.1) is 5.92 Å². The van der Waals surface area contributed by atoms with Gasteiger partial charge in [-0.05, 0) is 48.7 Å². The molecule has 0 radical (unpaired) electrons. The molecule has 0 aliphatic carbocycles. The van der Waals surface area contributed by atoms with Crippen molar-refractivity contribution in [2.24, 2.45) is 5.92 Å². The maximum atomic E-state index is 12.8. The van der Waals surface area contributed by atoms with Gasteiger partial charge in [0.2, 0.25) is 0 Å². The first-order valence-corrected chi connectivity index (χ1v) is 10.3. The van der Waals surface area contributed by atoms with Crippen LogP contribution in [0.25, 0.3) is 0 Å². The third kappa shape index (κ3) is 6.68. The van der Waals surface area contributed by atoms with Gasteiger partial charge in [-0.25, -0.2) is 0 Å². The van der Waals surface area contributed by atoms with Crippen LogP contribution in [-0.4, -0.2) is 25.0 Å². The Hall–Kier alpha value is -2.34. The summed E-state index contributed by atoms with van der Waals surface area (Å²) in [5.74, 6) is 0.446. The van der Waals surface area contributed by atoms with Gasteiger partial charge in [-0.15, -0.1) is 0 Å². The minimum absolute atomic E-state index is 0.145. The SMILES string of the molecule is CCCCNC(=O)c1cccc(NC(=O)c2cc(Br)ccc2OCC(C)C)c1. The van der Waals surface area contributed by atoms with E-state index in [-0.39, 0.29) is 11.8 Å². The zero-order valence-corrected chi connectivity index (χ0v) is 18.1. The lowest BCUT2D eigenvalue weighted by Crippen LogP contribution is -2.24. The lowest BCUT2D eigenvalue weighted by molar-refractivity contribution is 0.0951. The molecular weight excluding hydrogens is 420 g/mol. The van der Waals surface area contributed by atoms with Gasteiger partial charge >= 0.3 is 0 Å². The number of carbonyl (C=O) groups is 2. The standard InChI is InChI=1S/C22H27BrN2O3/c1-4-5-11-24-21(26)16-7-6-8-18(12-16)25-22(27)19-13-17(23)9-10-20(19)28-14-15(2)3/h6-10,12-13,15H,4-5,11,14H2,1-3H3,(H,24,26)(H,25,27). The van der Waals surface area contributed by atoms with Crippen LogP contribution in [0.5, 0.6) is 5.75 Å². The first kappa shape index (κ1) is 22.0. The number of rotatable bonds is 9. The summed E-state index contributed by atoms with van der Waals surface area (Å²) in [6.07, 6.45) is 1.95. The molecule has 2 rings (SSSR count). The summed E-state index contributed by atoms with van der Waals surface area (Å²) in [7, 11) is 0. The van der Waals surface area contributed by atoms with E-state index >= 15 is 0 Å². The normalized spacial score (nSPS) is 10.6. The van der Waals surface area contributed by atoms with E-state index < -0.39 is 0 Å². The zero-order chi connectivity index (χ0) is 20.5. The monoisotopic (exact) mass is 446 g/mol. The fraction of sp³-hybridized carbons (Fsp3) is 0.364. The van der Waals surface area contributed by atoms with Crippen molar-refractivity contribution in [2.75, 3.05) is 18.5 Å². The Morgan fingerprint density at radius 3 is 2.61 bits per heavy atom. The Morgan fingerprint density at radius 1 is 1.11 bits per heavy atom. The van der Waals surface area contributed by atoms with E-state index in [0.29, 0.717) is 41.6 Å². The smallest absolute Gasteiger partial charge is 0.259 e. The minimum Gasteiger partial charge on any atom is -0.492 e. The van der Waals surface area contributed by atoms with Gasteiger partial charge in [0, 0.05) is 22.3 Å². The van der Waals surface area contributed by atoms with Gasteiger partial charge in [0.1, 0.15) is 5.75 Å². The summed E-state index contributed by atoms with van der Waals surface area (Å²) in [5.41, 5.74) is 1.51. The lowest BCUT2D eigenvalue weighted by Gasteiger charge is -2.14. The van der Waals surface area contributed by atoms with E-state index in [1.807, 2.05) is 6.07 Å². The largest absolute Gasteiger partial charge is 0.492 e. The van der Waals surface area contributed by atoms with Crippen LogP contribution < -0.4 is 15.4 Å². The second-order valence-corrected chi connectivity index (χ2v) is 7.91. The second kappa shape index (κ2) is 10.9. The molecule has 2 amide bonds. The number of unbranched alkanes of at least 4 members (excludes halogenated alkanes) is 1. The molecule has 5 nitrogen and oxygen atoms in total. The fourth-order valence-corrected chi connectivity index (χ4v) is 2.84. The average Bonchev–Trinajstić information content (AvgIpc) is 2.67. The van der Waals surface area contributed by atoms with Gasteiger partial charge in [-0.1, -0.05) is 49.2 Å². The number of nitrogens with one attached hydrogen (secondary N) is 2. The highest BCUT2D eigenvalue weighted by atomic mass is 79.9. The van der Waals surface area contributed by atoms with Crippen LogP contribution in [0.1, 0.15) is 54.3 Å². The number of hydrogen-bond donors (Lipinski definition) is 2. The summed E-state index contributed by atoms with van der Waals surface area (Å²) < 4.78 is 6.57. The van der Waals surface area contributed by atoms with Gasteiger partial charge in [0.05, 0.1) is 12.2 Å². The van der Waals surface area contributed by atoms with Crippen molar-refractivity contribution in [3.8, 4) is 5.75 Å². The van der Waals surface area contributed by atoms with E-state index in [1.165, 1.54) is 0 Å². The Kier molecular flexibility index (Phi) is 8.51. The Morgan fingerprint density at radius 2 is 1.89 bits per heavy atom. The number of benzene rings is 2. The van der Waals surface area contributed by atoms with Crippen molar-refractivity contribution in [1.29, 1.82) is 0 Å². The quantitative estimate of drug-likeness (QED) is 0.515. The second-order valence-electron chi connectivity index (χ2n) is 6.99. The van der Waals surface area contributed by atoms with Crippen LogP contribution >= 0.6 is 15.9 Å². The van der Waals surface area contributed by atoms with Crippen molar-refractivity contribution >= 4 is 33.4 Å². The maximum absolute atomic E-state index is 12.8. The number of carbonyl (C=O) groups excluding carboxylic acids is 2. The number of amides is 2. The van der Waals surface area contributed by atoms with Crippen molar-refractivity contribution in [2.45, 2.75) is 33.6 Å². The molecule has 0 spiro atoms. The van der Waals surface area contributed by atoms with Crippen LogP contribution in [-0.2, 0) is 0 Å². The van der Waals surface area contributed by atoms with Crippen LogP contribution in [0.15, 0.2) is 46.9 Å². The molecule has 6 heteroatoms. The van der Waals surface area contributed by atoms with Crippen molar-refractivity contribution < 1.29 is 14.3 Å². The summed E-state index contributed by atoms with van der Waals surface area (Å²) in [4.78, 5) is 25.0. The van der Waals surface area contributed by atoms with E-state index in [0.717, 1.165) is 17.3 Å². The predicted octanol–water partition coefficient (Wildman–Crippen LogP) is 5.27.